The first-order valence-electron chi connectivity index (χ1n) is 6.53. The molecule has 1 rings (SSSR count). The molecule has 7 heteroatoms. The molecule has 1 aromatic carbocycles. The number of ether oxygens (including phenoxy) is 2. The maximum Gasteiger partial charge on any atom is 0.189 e. The fourth-order valence-electron chi connectivity index (χ4n) is 1.68. The van der Waals surface area contributed by atoms with Gasteiger partial charge in [0, 0.05) is 13.2 Å². The molecule has 0 aliphatic heterocycles. The van der Waals surface area contributed by atoms with Crippen molar-refractivity contribution in [1.29, 1.82) is 0 Å². The Labute approximate surface area is 142 Å². The SMILES string of the molecule is CCOc1ccc(CN=C(N)NC(C)COC)cc1F.I. The van der Waals surface area contributed by atoms with E-state index in [4.69, 9.17) is 15.2 Å². The zero-order chi connectivity index (χ0) is 15.0. The van der Waals surface area contributed by atoms with E-state index in [1.165, 1.54) is 6.07 Å². The highest BCUT2D eigenvalue weighted by molar-refractivity contribution is 14.0. The molecule has 1 atom stereocenters. The molecule has 5 nitrogen and oxygen atoms in total. The third-order valence-corrected chi connectivity index (χ3v) is 2.54. The molecule has 0 radical (unpaired) electrons. The Hall–Kier alpha value is -1.09. The number of guanidine groups is 1. The van der Waals surface area contributed by atoms with Crippen molar-refractivity contribution in [2.24, 2.45) is 10.7 Å². The van der Waals surface area contributed by atoms with Gasteiger partial charge in [-0.25, -0.2) is 9.38 Å². The van der Waals surface area contributed by atoms with E-state index in [1.807, 2.05) is 13.8 Å². The summed E-state index contributed by atoms with van der Waals surface area (Å²) in [5.74, 6) is 0.169. The molecule has 0 aliphatic rings. The Morgan fingerprint density at radius 3 is 2.76 bits per heavy atom. The average Bonchev–Trinajstić information content (AvgIpc) is 2.39. The number of halogens is 2. The molecule has 120 valence electrons. The number of hydrogen-bond acceptors (Lipinski definition) is 3. The second kappa shape index (κ2) is 10.6. The number of rotatable bonds is 7. The van der Waals surface area contributed by atoms with Crippen LogP contribution in [0.15, 0.2) is 23.2 Å². The lowest BCUT2D eigenvalue weighted by Crippen LogP contribution is -2.40. The van der Waals surface area contributed by atoms with Gasteiger partial charge in [0.05, 0.1) is 19.8 Å². The molecular formula is C14H23FIN3O2. The summed E-state index contributed by atoms with van der Waals surface area (Å²) in [5.41, 5.74) is 6.46. The first-order chi connectivity index (χ1) is 9.56. The molecule has 1 unspecified atom stereocenters. The number of nitrogens with one attached hydrogen (secondary N) is 1. The van der Waals surface area contributed by atoms with Gasteiger partial charge in [-0.1, -0.05) is 6.07 Å². The summed E-state index contributed by atoms with van der Waals surface area (Å²) in [6.45, 7) is 5.02. The van der Waals surface area contributed by atoms with Gasteiger partial charge in [0.15, 0.2) is 17.5 Å². The Morgan fingerprint density at radius 2 is 2.19 bits per heavy atom. The first kappa shape index (κ1) is 19.9. The minimum Gasteiger partial charge on any atom is -0.491 e. The maximum atomic E-state index is 13.6. The summed E-state index contributed by atoms with van der Waals surface area (Å²) in [6.07, 6.45) is 0. The molecule has 3 N–H and O–H groups in total. The van der Waals surface area contributed by atoms with Gasteiger partial charge in [0.2, 0.25) is 0 Å². The Morgan fingerprint density at radius 1 is 1.48 bits per heavy atom. The first-order valence-corrected chi connectivity index (χ1v) is 6.53. The third-order valence-electron chi connectivity index (χ3n) is 2.54. The fraction of sp³-hybridized carbons (Fsp3) is 0.500. The Balaban J connectivity index is 0.00000400. The number of hydrogen-bond donors (Lipinski definition) is 2. The predicted molar refractivity (Wildman–Crippen MR) is 92.8 cm³/mol. The van der Waals surface area contributed by atoms with Crippen LogP contribution in [-0.2, 0) is 11.3 Å². The third kappa shape index (κ3) is 7.47. The van der Waals surface area contributed by atoms with Gasteiger partial charge in [0.25, 0.3) is 0 Å². The molecular weight excluding hydrogens is 388 g/mol. The van der Waals surface area contributed by atoms with Crippen molar-refractivity contribution in [3.63, 3.8) is 0 Å². The van der Waals surface area contributed by atoms with Gasteiger partial charge in [-0.3, -0.25) is 0 Å². The lowest BCUT2D eigenvalue weighted by atomic mass is 10.2. The maximum absolute atomic E-state index is 13.6. The zero-order valence-electron chi connectivity index (χ0n) is 12.6. The van der Waals surface area contributed by atoms with Crippen molar-refractivity contribution in [2.75, 3.05) is 20.3 Å². The summed E-state index contributed by atoms with van der Waals surface area (Å²) >= 11 is 0. The minimum absolute atomic E-state index is 0. The van der Waals surface area contributed by atoms with E-state index in [1.54, 1.807) is 19.2 Å². The van der Waals surface area contributed by atoms with Crippen molar-refractivity contribution in [3.05, 3.63) is 29.6 Å². The van der Waals surface area contributed by atoms with E-state index in [2.05, 4.69) is 10.3 Å². The van der Waals surface area contributed by atoms with Gasteiger partial charge in [-0.15, -0.1) is 24.0 Å². The van der Waals surface area contributed by atoms with Crippen LogP contribution in [-0.4, -0.2) is 32.3 Å². The number of nitrogens with zero attached hydrogens (tertiary/aromatic N) is 1. The van der Waals surface area contributed by atoms with Crippen LogP contribution in [0.2, 0.25) is 0 Å². The molecule has 1 aromatic rings. The van der Waals surface area contributed by atoms with Crippen LogP contribution in [0.3, 0.4) is 0 Å². The van der Waals surface area contributed by atoms with Crippen molar-refractivity contribution in [1.82, 2.24) is 5.32 Å². The molecule has 0 amide bonds. The average molecular weight is 411 g/mol. The molecule has 0 saturated carbocycles. The van der Waals surface area contributed by atoms with E-state index in [0.717, 1.165) is 5.56 Å². The van der Waals surface area contributed by atoms with Crippen LogP contribution in [0.5, 0.6) is 5.75 Å². The van der Waals surface area contributed by atoms with Gasteiger partial charge in [-0.05, 0) is 31.5 Å². The summed E-state index contributed by atoms with van der Waals surface area (Å²) < 4.78 is 23.8. The molecule has 0 fully saturated rings. The number of aliphatic imine (C=N–C) groups is 1. The molecule has 0 aromatic heterocycles. The number of methoxy groups -OCH3 is 1. The van der Waals surface area contributed by atoms with Gasteiger partial charge in [0.1, 0.15) is 0 Å². The predicted octanol–water partition coefficient (Wildman–Crippen LogP) is 2.28. The monoisotopic (exact) mass is 411 g/mol. The molecule has 0 spiro atoms. The molecule has 21 heavy (non-hydrogen) atoms. The van der Waals surface area contributed by atoms with Gasteiger partial charge >= 0.3 is 0 Å². The van der Waals surface area contributed by atoms with Crippen LogP contribution in [0.25, 0.3) is 0 Å². The van der Waals surface area contributed by atoms with Crippen molar-refractivity contribution in [2.45, 2.75) is 26.4 Å². The smallest absolute Gasteiger partial charge is 0.189 e. The van der Waals surface area contributed by atoms with Gasteiger partial charge < -0.3 is 20.5 Å². The zero-order valence-corrected chi connectivity index (χ0v) is 14.9. The van der Waals surface area contributed by atoms with E-state index in [0.29, 0.717) is 25.7 Å². The van der Waals surface area contributed by atoms with E-state index in [9.17, 15) is 4.39 Å². The standard InChI is InChI=1S/C14H22FN3O2.HI/c1-4-20-13-6-5-11(7-12(13)15)8-17-14(16)18-10(2)9-19-3;/h5-7,10H,4,8-9H2,1-3H3,(H3,16,17,18);1H. The molecule has 0 bridgehead atoms. The summed E-state index contributed by atoms with van der Waals surface area (Å²) in [6, 6.07) is 4.84. The van der Waals surface area contributed by atoms with E-state index < -0.39 is 0 Å². The second-order valence-electron chi connectivity index (χ2n) is 4.40. The van der Waals surface area contributed by atoms with Crippen molar-refractivity contribution < 1.29 is 13.9 Å². The van der Waals surface area contributed by atoms with Crippen molar-refractivity contribution in [3.8, 4) is 5.75 Å². The highest BCUT2D eigenvalue weighted by atomic mass is 127. The second-order valence-corrected chi connectivity index (χ2v) is 4.40. The van der Waals surface area contributed by atoms with Crippen molar-refractivity contribution >= 4 is 29.9 Å². The minimum atomic E-state index is -0.390. The van der Waals surface area contributed by atoms with Gasteiger partial charge in [-0.2, -0.15) is 0 Å². The number of benzene rings is 1. The van der Waals surface area contributed by atoms with Crippen LogP contribution >= 0.6 is 24.0 Å². The highest BCUT2D eigenvalue weighted by Crippen LogP contribution is 2.18. The molecule has 0 heterocycles. The molecule has 0 saturated heterocycles. The van der Waals surface area contributed by atoms with Crippen LogP contribution in [0.1, 0.15) is 19.4 Å². The Bertz CT molecular complexity index is 458. The van der Waals surface area contributed by atoms with Crippen LogP contribution < -0.4 is 15.8 Å². The lowest BCUT2D eigenvalue weighted by Gasteiger charge is -2.13. The lowest BCUT2D eigenvalue weighted by molar-refractivity contribution is 0.179. The molecule has 0 aliphatic carbocycles. The van der Waals surface area contributed by atoms with E-state index in [-0.39, 0.29) is 41.6 Å². The fourth-order valence-corrected chi connectivity index (χ4v) is 1.68. The summed E-state index contributed by atoms with van der Waals surface area (Å²) in [4.78, 5) is 4.15. The quantitative estimate of drug-likeness (QED) is 0.411. The Kier molecular flexibility index (Phi) is 10.1. The topological polar surface area (TPSA) is 68.9 Å². The van der Waals surface area contributed by atoms with E-state index >= 15 is 0 Å². The summed E-state index contributed by atoms with van der Waals surface area (Å²) in [5, 5.41) is 2.98. The number of nitrogens with two attached hydrogens (primary N) is 1. The van der Waals surface area contributed by atoms with Crippen LogP contribution in [0.4, 0.5) is 4.39 Å². The van der Waals surface area contributed by atoms with Crippen LogP contribution in [0, 0.1) is 5.82 Å². The normalized spacial score (nSPS) is 12.5. The highest BCUT2D eigenvalue weighted by Gasteiger charge is 2.05. The summed E-state index contributed by atoms with van der Waals surface area (Å²) in [7, 11) is 1.62. The largest absolute Gasteiger partial charge is 0.491 e.